The lowest BCUT2D eigenvalue weighted by Crippen LogP contribution is -2.34. The second-order valence-electron chi connectivity index (χ2n) is 9.83. The van der Waals surface area contributed by atoms with E-state index in [1.807, 2.05) is 12.1 Å². The van der Waals surface area contributed by atoms with Crippen molar-refractivity contribution in [2.75, 3.05) is 0 Å². The number of rotatable bonds is 7. The van der Waals surface area contributed by atoms with E-state index in [-0.39, 0.29) is 11.8 Å². The van der Waals surface area contributed by atoms with Crippen LogP contribution in [0.4, 0.5) is 0 Å². The highest BCUT2D eigenvalue weighted by Crippen LogP contribution is 2.47. The largest absolute Gasteiger partial charge is 0.476 e. The average molecular weight is 559 g/mol. The standard InChI is InChI=1S/C27H24Cl2N2O5S/c28-19-2-1-3-20(29)22(19)23-18(25(36-30-23)14-4-5-14)13-35-16-8-10-27(34,11-9-16)15-6-7-21-17(12-15)24(26(32)33)31-37-21/h1-3,6-7,12,14,16,34H,4-5,8-11,13H2,(H,32,33)/t16-,27+. The SMILES string of the molecule is O=C(O)c1nsc2ccc([C@]3(O)CC[C@@H](OCc4c(-c5c(Cl)cccc5Cl)noc4C4CC4)CC3)cc12. The Labute approximate surface area is 227 Å². The number of carboxylic acid groups (broad SMARTS) is 1. The molecule has 2 aromatic heterocycles. The minimum absolute atomic E-state index is 0.0251. The van der Waals surface area contributed by atoms with Gasteiger partial charge in [0, 0.05) is 22.4 Å². The van der Waals surface area contributed by atoms with Crippen molar-refractivity contribution in [1.82, 2.24) is 9.53 Å². The van der Waals surface area contributed by atoms with Gasteiger partial charge < -0.3 is 19.5 Å². The highest BCUT2D eigenvalue weighted by molar-refractivity contribution is 7.13. The van der Waals surface area contributed by atoms with Gasteiger partial charge in [-0.3, -0.25) is 0 Å². The summed E-state index contributed by atoms with van der Waals surface area (Å²) in [6.45, 7) is 0.323. The van der Waals surface area contributed by atoms with Crippen molar-refractivity contribution >= 4 is 50.8 Å². The zero-order valence-electron chi connectivity index (χ0n) is 19.7. The summed E-state index contributed by atoms with van der Waals surface area (Å²) in [6.07, 6.45) is 4.40. The van der Waals surface area contributed by atoms with Crippen molar-refractivity contribution in [2.24, 2.45) is 0 Å². The summed E-state index contributed by atoms with van der Waals surface area (Å²) in [7, 11) is 0. The van der Waals surface area contributed by atoms with E-state index in [0.717, 1.165) is 40.4 Å². The van der Waals surface area contributed by atoms with Crippen molar-refractivity contribution in [3.63, 3.8) is 0 Å². The fourth-order valence-electron chi connectivity index (χ4n) is 5.16. The molecule has 2 N–H and O–H groups in total. The van der Waals surface area contributed by atoms with E-state index in [1.165, 1.54) is 0 Å². The molecule has 2 heterocycles. The normalized spacial score (nSPS) is 22.0. The number of aromatic nitrogens is 2. The van der Waals surface area contributed by atoms with Crippen molar-refractivity contribution in [3.8, 4) is 11.3 Å². The molecule has 0 bridgehead atoms. The summed E-state index contributed by atoms with van der Waals surface area (Å²) in [5.74, 6) is 0.115. The molecule has 6 rings (SSSR count). The van der Waals surface area contributed by atoms with Crippen LogP contribution in [0.15, 0.2) is 40.9 Å². The van der Waals surface area contributed by atoms with E-state index in [2.05, 4.69) is 9.53 Å². The number of halogens is 2. The Morgan fingerprint density at radius 2 is 1.86 bits per heavy atom. The number of benzene rings is 2. The van der Waals surface area contributed by atoms with Crippen molar-refractivity contribution < 1.29 is 24.3 Å². The van der Waals surface area contributed by atoms with Crippen LogP contribution in [-0.4, -0.2) is 31.8 Å². The maximum Gasteiger partial charge on any atom is 0.356 e. The summed E-state index contributed by atoms with van der Waals surface area (Å²) in [6, 6.07) is 10.8. The van der Waals surface area contributed by atoms with Gasteiger partial charge in [-0.25, -0.2) is 4.79 Å². The van der Waals surface area contributed by atoms with Crippen LogP contribution in [0.5, 0.6) is 0 Å². The Bertz CT molecular complexity index is 1470. The first-order chi connectivity index (χ1) is 17.8. The molecule has 0 spiro atoms. The molecule has 0 amide bonds. The van der Waals surface area contributed by atoms with E-state index < -0.39 is 11.6 Å². The van der Waals surface area contributed by atoms with Crippen LogP contribution in [0.1, 0.15) is 71.8 Å². The van der Waals surface area contributed by atoms with Crippen LogP contribution in [0, 0.1) is 0 Å². The molecule has 7 nitrogen and oxygen atoms in total. The molecule has 2 saturated carbocycles. The number of carbonyl (C=O) groups is 1. The number of fused-ring (bicyclic) bond motifs is 1. The summed E-state index contributed by atoms with van der Waals surface area (Å²) < 4.78 is 16.9. The van der Waals surface area contributed by atoms with Crippen LogP contribution in [-0.2, 0) is 16.9 Å². The number of ether oxygens (including phenoxy) is 1. The summed E-state index contributed by atoms with van der Waals surface area (Å²) in [5, 5.41) is 26.8. The van der Waals surface area contributed by atoms with Crippen molar-refractivity contribution in [2.45, 2.75) is 62.8 Å². The molecule has 0 atom stereocenters. The van der Waals surface area contributed by atoms with Gasteiger partial charge in [-0.15, -0.1) is 0 Å². The number of aliphatic hydroxyl groups is 1. The molecule has 37 heavy (non-hydrogen) atoms. The van der Waals surface area contributed by atoms with Gasteiger partial charge in [0.25, 0.3) is 0 Å². The van der Waals surface area contributed by atoms with E-state index in [9.17, 15) is 15.0 Å². The van der Waals surface area contributed by atoms with Gasteiger partial charge in [-0.1, -0.05) is 40.5 Å². The fraction of sp³-hybridized carbons (Fsp3) is 0.370. The van der Waals surface area contributed by atoms with Gasteiger partial charge in [0.15, 0.2) is 5.69 Å². The second kappa shape index (κ2) is 9.67. The summed E-state index contributed by atoms with van der Waals surface area (Å²) in [4.78, 5) is 11.5. The molecule has 2 aromatic carbocycles. The van der Waals surface area contributed by atoms with E-state index in [1.54, 1.807) is 24.3 Å². The lowest BCUT2D eigenvalue weighted by Gasteiger charge is -2.36. The number of carboxylic acids is 1. The van der Waals surface area contributed by atoms with Crippen LogP contribution in [0.25, 0.3) is 21.3 Å². The number of aromatic carboxylic acids is 1. The molecule has 192 valence electrons. The van der Waals surface area contributed by atoms with Crippen molar-refractivity contribution in [3.05, 3.63) is 69.0 Å². The smallest absolute Gasteiger partial charge is 0.356 e. The first-order valence-corrected chi connectivity index (χ1v) is 13.8. The molecular formula is C27H24Cl2N2O5S. The Morgan fingerprint density at radius 1 is 1.14 bits per heavy atom. The molecular weight excluding hydrogens is 535 g/mol. The number of hydrogen-bond donors (Lipinski definition) is 2. The zero-order valence-corrected chi connectivity index (χ0v) is 22.1. The highest BCUT2D eigenvalue weighted by atomic mass is 35.5. The first kappa shape index (κ1) is 24.8. The monoisotopic (exact) mass is 558 g/mol. The molecule has 10 heteroatoms. The molecule has 2 aliphatic rings. The van der Waals surface area contributed by atoms with Gasteiger partial charge in [0.1, 0.15) is 11.5 Å². The first-order valence-electron chi connectivity index (χ1n) is 12.2. The lowest BCUT2D eigenvalue weighted by molar-refractivity contribution is -0.0640. The van der Waals surface area contributed by atoms with E-state index in [0.29, 0.717) is 70.5 Å². The Balaban J connectivity index is 1.18. The van der Waals surface area contributed by atoms with E-state index >= 15 is 0 Å². The van der Waals surface area contributed by atoms with Crippen molar-refractivity contribution in [1.29, 1.82) is 0 Å². The quantitative estimate of drug-likeness (QED) is 0.247. The highest BCUT2D eigenvalue weighted by Gasteiger charge is 2.37. The maximum atomic E-state index is 11.5. The second-order valence-corrected chi connectivity index (χ2v) is 11.5. The van der Waals surface area contributed by atoms with Crippen LogP contribution >= 0.6 is 34.7 Å². The van der Waals surface area contributed by atoms with E-state index in [4.69, 9.17) is 32.5 Å². The molecule has 4 aromatic rings. The topological polar surface area (TPSA) is 106 Å². The predicted molar refractivity (Wildman–Crippen MR) is 141 cm³/mol. The van der Waals surface area contributed by atoms with Crippen LogP contribution < -0.4 is 0 Å². The Hall–Kier alpha value is -2.49. The fourth-order valence-corrected chi connectivity index (χ4v) is 6.48. The Morgan fingerprint density at radius 3 is 2.54 bits per heavy atom. The zero-order chi connectivity index (χ0) is 25.7. The predicted octanol–water partition coefficient (Wildman–Crippen LogP) is 7.18. The molecule has 2 fully saturated rings. The minimum Gasteiger partial charge on any atom is -0.476 e. The number of hydrogen-bond acceptors (Lipinski definition) is 7. The van der Waals surface area contributed by atoms with Gasteiger partial charge in [0.2, 0.25) is 0 Å². The van der Waals surface area contributed by atoms with Gasteiger partial charge in [-0.05, 0) is 79.9 Å². The third-order valence-corrected chi connectivity index (χ3v) is 8.86. The van der Waals surface area contributed by atoms with Gasteiger partial charge in [0.05, 0.1) is 33.1 Å². The van der Waals surface area contributed by atoms with Gasteiger partial charge >= 0.3 is 5.97 Å². The number of nitrogens with zero attached hydrogens (tertiary/aromatic N) is 2. The summed E-state index contributed by atoms with van der Waals surface area (Å²) in [5.41, 5.74) is 1.85. The molecule has 2 aliphatic carbocycles. The lowest BCUT2D eigenvalue weighted by atomic mass is 9.78. The third-order valence-electron chi connectivity index (χ3n) is 7.40. The minimum atomic E-state index is -1.07. The van der Waals surface area contributed by atoms with Crippen LogP contribution in [0.3, 0.4) is 0 Å². The third kappa shape index (κ3) is 4.66. The molecule has 0 aliphatic heterocycles. The maximum absolute atomic E-state index is 11.5. The van der Waals surface area contributed by atoms with Gasteiger partial charge in [-0.2, -0.15) is 4.37 Å². The van der Waals surface area contributed by atoms with Crippen LogP contribution in [0.2, 0.25) is 10.0 Å². The summed E-state index contributed by atoms with van der Waals surface area (Å²) >= 11 is 14.1. The molecule has 0 radical (unpaired) electrons. The Kier molecular flexibility index (Phi) is 6.49. The molecule has 0 unspecified atom stereocenters. The average Bonchev–Trinajstić information content (AvgIpc) is 3.49. The molecule has 0 saturated heterocycles.